The van der Waals surface area contributed by atoms with E-state index in [4.69, 9.17) is 28.4 Å². The van der Waals surface area contributed by atoms with Crippen molar-refractivity contribution in [3.05, 3.63) is 119 Å². The Morgan fingerprint density at radius 1 is 0.585 bits per heavy atom. The average Bonchev–Trinajstić information content (AvgIpc) is 4.11. The highest BCUT2D eigenvalue weighted by molar-refractivity contribution is 5.43. The van der Waals surface area contributed by atoms with Crippen molar-refractivity contribution in [2.24, 2.45) is 0 Å². The van der Waals surface area contributed by atoms with Crippen LogP contribution in [-0.4, -0.2) is 54.6 Å². The third kappa shape index (κ3) is 9.20. The molecular weight excluding hydrogens is 664 g/mol. The molecule has 0 amide bonds. The summed E-state index contributed by atoms with van der Waals surface area (Å²) in [7, 11) is 0. The van der Waals surface area contributed by atoms with E-state index in [9.17, 15) is 5.11 Å². The third-order valence-electron chi connectivity index (χ3n) is 11.5. The van der Waals surface area contributed by atoms with E-state index in [1.54, 1.807) is 0 Å². The molecule has 0 spiro atoms. The van der Waals surface area contributed by atoms with Gasteiger partial charge < -0.3 is 33.5 Å². The summed E-state index contributed by atoms with van der Waals surface area (Å²) >= 11 is 0. The van der Waals surface area contributed by atoms with Crippen molar-refractivity contribution in [3.8, 4) is 23.0 Å². The Bertz CT molecular complexity index is 1750. The molecule has 4 aromatic rings. The maximum absolute atomic E-state index is 11.1. The first-order valence-electron chi connectivity index (χ1n) is 19.3. The van der Waals surface area contributed by atoms with Crippen molar-refractivity contribution in [1.29, 1.82) is 0 Å². The number of aliphatic hydroxyl groups is 1. The summed E-state index contributed by atoms with van der Waals surface area (Å²) in [4.78, 5) is 0. The summed E-state index contributed by atoms with van der Waals surface area (Å²) in [5, 5.41) is 11.1. The minimum atomic E-state index is -0.695. The molecule has 2 aliphatic rings. The van der Waals surface area contributed by atoms with E-state index in [-0.39, 0.29) is 35.4 Å². The van der Waals surface area contributed by atoms with Gasteiger partial charge in [0.05, 0.1) is 12.7 Å². The van der Waals surface area contributed by atoms with Crippen LogP contribution < -0.4 is 18.9 Å². The molecule has 4 aromatic carbocycles. The van der Waals surface area contributed by atoms with Gasteiger partial charge >= 0.3 is 0 Å². The fraction of sp³-hybridized carbons (Fsp3) is 0.478. The second-order valence-electron chi connectivity index (χ2n) is 16.0. The maximum Gasteiger partial charge on any atom is 0.223 e. The van der Waals surface area contributed by atoms with E-state index < -0.39 is 11.7 Å². The van der Waals surface area contributed by atoms with E-state index in [1.165, 1.54) is 22.3 Å². The first-order chi connectivity index (χ1) is 25.3. The molecule has 2 heterocycles. The van der Waals surface area contributed by atoms with Gasteiger partial charge in [-0.15, -0.1) is 0 Å². The van der Waals surface area contributed by atoms with Gasteiger partial charge in [-0.3, -0.25) is 0 Å². The number of ether oxygens (including phenoxy) is 6. The zero-order chi connectivity index (χ0) is 37.9. The number of hydrogen-bond donors (Lipinski definition) is 1. The van der Waals surface area contributed by atoms with E-state index in [0.29, 0.717) is 13.0 Å². The van der Waals surface area contributed by atoms with Gasteiger partial charge in [-0.2, -0.15) is 0 Å². The first-order valence-corrected chi connectivity index (χ1v) is 19.3. The zero-order valence-electron chi connectivity index (χ0n) is 32.8. The smallest absolute Gasteiger partial charge is 0.223 e. The molecule has 53 heavy (non-hydrogen) atoms. The Balaban J connectivity index is 1.00. The summed E-state index contributed by atoms with van der Waals surface area (Å²) < 4.78 is 35.6. The predicted molar refractivity (Wildman–Crippen MR) is 210 cm³/mol. The van der Waals surface area contributed by atoms with E-state index in [0.717, 1.165) is 48.9 Å². The van der Waals surface area contributed by atoms with Gasteiger partial charge in [-0.25, -0.2) is 0 Å². The lowest BCUT2D eigenvalue weighted by Crippen LogP contribution is -2.40. The zero-order valence-corrected chi connectivity index (χ0v) is 32.8. The van der Waals surface area contributed by atoms with Gasteiger partial charge in [-0.05, 0) is 97.0 Å². The summed E-state index contributed by atoms with van der Waals surface area (Å²) in [6.45, 7) is 19.0. The van der Waals surface area contributed by atoms with Crippen molar-refractivity contribution in [3.63, 3.8) is 0 Å². The number of benzene rings is 4. The summed E-state index contributed by atoms with van der Waals surface area (Å²) in [6.07, 6.45) is 2.39. The molecule has 0 aliphatic carbocycles. The van der Waals surface area contributed by atoms with Crippen molar-refractivity contribution in [2.45, 2.75) is 122 Å². The van der Waals surface area contributed by atoms with Crippen LogP contribution in [0.5, 0.6) is 23.0 Å². The number of epoxide rings is 2. The molecule has 0 radical (unpaired) electrons. The molecule has 7 heteroatoms. The molecule has 284 valence electrons. The van der Waals surface area contributed by atoms with Gasteiger partial charge in [0, 0.05) is 17.3 Å². The number of hydrogen-bond acceptors (Lipinski definition) is 7. The maximum atomic E-state index is 11.1. The lowest BCUT2D eigenvalue weighted by atomic mass is 9.78. The molecule has 2 fully saturated rings. The minimum Gasteiger partial charge on any atom is -0.491 e. The van der Waals surface area contributed by atoms with Gasteiger partial charge in [0.15, 0.2) is 0 Å². The fourth-order valence-corrected chi connectivity index (χ4v) is 7.18. The van der Waals surface area contributed by atoms with Crippen molar-refractivity contribution >= 4 is 0 Å². The van der Waals surface area contributed by atoms with Crippen molar-refractivity contribution in [1.82, 2.24) is 0 Å². The highest BCUT2D eigenvalue weighted by atomic mass is 16.8. The van der Waals surface area contributed by atoms with Crippen molar-refractivity contribution < 1.29 is 33.5 Å². The molecule has 0 bridgehead atoms. The summed E-state index contributed by atoms with van der Waals surface area (Å²) in [5.74, 6) is 3.20. The van der Waals surface area contributed by atoms with Gasteiger partial charge in [-0.1, -0.05) is 97.0 Å². The monoisotopic (exact) mass is 722 g/mol. The van der Waals surface area contributed by atoms with Crippen molar-refractivity contribution in [2.75, 3.05) is 19.8 Å². The molecule has 0 saturated carbocycles. The Morgan fingerprint density at radius 2 is 1.00 bits per heavy atom. The second-order valence-corrected chi connectivity index (χ2v) is 16.0. The van der Waals surface area contributed by atoms with Crippen LogP contribution >= 0.6 is 0 Å². The Labute approximate surface area is 316 Å². The summed E-state index contributed by atoms with van der Waals surface area (Å²) in [5.41, 5.74) is 3.51. The molecule has 1 N–H and O–H groups in total. The lowest BCUT2D eigenvalue weighted by Gasteiger charge is -2.32. The quantitative estimate of drug-likeness (QED) is 0.0966. The van der Waals surface area contributed by atoms with Gasteiger partial charge in [0.2, 0.25) is 6.29 Å². The molecule has 3 unspecified atom stereocenters. The van der Waals surface area contributed by atoms with Crippen LogP contribution in [0.2, 0.25) is 0 Å². The SMILES string of the molecule is CCC(C)(CC(O)COc1ccc(C(C)(C)c2ccc(OC(CC)(CC)[C@H]3CO3)cc2)cc1)Oc1ccc(C(C)(C)c2ccc(OC3CO3)cc2)cc1. The van der Waals surface area contributed by atoms with Crippen LogP contribution in [-0.2, 0) is 20.3 Å². The van der Waals surface area contributed by atoms with Crippen LogP contribution in [0.3, 0.4) is 0 Å². The predicted octanol–water partition coefficient (Wildman–Crippen LogP) is 9.79. The average molecular weight is 723 g/mol. The largest absolute Gasteiger partial charge is 0.491 e. The number of aliphatic hydroxyl groups excluding tert-OH is 1. The van der Waals surface area contributed by atoms with E-state index in [2.05, 4.69) is 109 Å². The van der Waals surface area contributed by atoms with Crippen LogP contribution in [0.25, 0.3) is 0 Å². The van der Waals surface area contributed by atoms with E-state index in [1.807, 2.05) is 43.3 Å². The molecule has 6 rings (SSSR count). The number of rotatable bonds is 19. The highest BCUT2D eigenvalue weighted by Crippen LogP contribution is 2.38. The van der Waals surface area contributed by atoms with Gasteiger partial charge in [0.1, 0.15) is 53.5 Å². The molecular formula is C46H58O7. The molecule has 2 aliphatic heterocycles. The van der Waals surface area contributed by atoms with Crippen LogP contribution in [0.1, 0.15) is 103 Å². The fourth-order valence-electron chi connectivity index (χ4n) is 7.18. The molecule has 4 atom stereocenters. The Hall–Kier alpha value is -4.04. The van der Waals surface area contributed by atoms with Crippen LogP contribution in [0.4, 0.5) is 0 Å². The molecule has 2 saturated heterocycles. The van der Waals surface area contributed by atoms with Crippen LogP contribution in [0, 0.1) is 0 Å². The standard InChI is InChI=1S/C46H58O7/c1-9-45(8,52-39-24-16-34(17-25-39)44(6,7)33-14-22-38(23-15-33)51-42-31-50-42)28-36(47)29-48-37-20-12-32(13-21-37)43(4,5)35-18-26-40(27-19-35)53-46(10-2,11-3)41-30-49-41/h12-27,36,41-42,47H,9-11,28-31H2,1-8H3/t36?,41-,42?,45?/m1/s1. The van der Waals surface area contributed by atoms with Gasteiger partial charge in [0.25, 0.3) is 0 Å². The first kappa shape index (κ1) is 38.7. The minimum absolute atomic E-state index is 0.105. The normalized spacial score (nSPS) is 18.8. The highest BCUT2D eigenvalue weighted by Gasteiger charge is 2.46. The summed E-state index contributed by atoms with van der Waals surface area (Å²) in [6, 6.07) is 33.2. The second kappa shape index (κ2) is 15.7. The Kier molecular flexibility index (Phi) is 11.5. The van der Waals surface area contributed by atoms with E-state index >= 15 is 0 Å². The molecule has 7 nitrogen and oxygen atoms in total. The third-order valence-corrected chi connectivity index (χ3v) is 11.5. The Morgan fingerprint density at radius 3 is 1.40 bits per heavy atom. The lowest BCUT2D eigenvalue weighted by molar-refractivity contribution is 0.00433. The molecule has 0 aromatic heterocycles. The van der Waals surface area contributed by atoms with Crippen LogP contribution in [0.15, 0.2) is 97.1 Å². The topological polar surface area (TPSA) is 82.2 Å².